The summed E-state index contributed by atoms with van der Waals surface area (Å²) < 4.78 is 37.0. The molecule has 0 radical (unpaired) electrons. The Morgan fingerprint density at radius 2 is 1.84 bits per heavy atom. The van der Waals surface area contributed by atoms with Crippen LogP contribution in [-0.2, 0) is 12.7 Å². The molecular formula is C11H10ClF3N4. The first kappa shape index (κ1) is 15.3. The van der Waals surface area contributed by atoms with Crippen LogP contribution in [0.4, 0.5) is 13.2 Å². The van der Waals surface area contributed by atoms with Crippen molar-refractivity contribution >= 4 is 12.4 Å². The molecule has 0 fully saturated rings. The van der Waals surface area contributed by atoms with E-state index in [1.54, 1.807) is 6.07 Å². The fourth-order valence-corrected chi connectivity index (χ4v) is 1.38. The summed E-state index contributed by atoms with van der Waals surface area (Å²) in [5.41, 5.74) is 6.08. The van der Waals surface area contributed by atoms with Gasteiger partial charge in [-0.15, -0.1) is 12.4 Å². The van der Waals surface area contributed by atoms with E-state index in [9.17, 15) is 13.2 Å². The molecule has 0 aromatic carbocycles. The third-order valence-electron chi connectivity index (χ3n) is 2.28. The molecule has 19 heavy (non-hydrogen) atoms. The smallest absolute Gasteiger partial charge is 0.325 e. The molecule has 0 aliphatic rings. The van der Waals surface area contributed by atoms with Crippen molar-refractivity contribution in [2.24, 2.45) is 5.73 Å². The average Bonchev–Trinajstić information content (AvgIpc) is 2.38. The quantitative estimate of drug-likeness (QED) is 0.922. The molecule has 2 heterocycles. The van der Waals surface area contributed by atoms with Gasteiger partial charge < -0.3 is 5.73 Å². The molecule has 0 bridgehead atoms. The van der Waals surface area contributed by atoms with E-state index in [1.807, 2.05) is 0 Å². The highest BCUT2D eigenvalue weighted by Crippen LogP contribution is 2.28. The molecule has 0 aliphatic heterocycles. The van der Waals surface area contributed by atoms with Gasteiger partial charge in [0.1, 0.15) is 12.0 Å². The minimum atomic E-state index is -4.44. The Bertz CT molecular complexity index is 542. The van der Waals surface area contributed by atoms with Gasteiger partial charge in [-0.05, 0) is 18.2 Å². The SMILES string of the molecule is Cl.NCc1cc(-c2ccc(C(F)(F)F)nc2)ncn1. The van der Waals surface area contributed by atoms with Crippen LogP contribution in [0.5, 0.6) is 0 Å². The van der Waals surface area contributed by atoms with Gasteiger partial charge in [0.25, 0.3) is 0 Å². The maximum absolute atomic E-state index is 12.3. The first-order valence-electron chi connectivity index (χ1n) is 5.05. The molecule has 0 atom stereocenters. The second-order valence-electron chi connectivity index (χ2n) is 3.53. The number of rotatable bonds is 2. The molecule has 0 unspecified atom stereocenters. The van der Waals surface area contributed by atoms with Crippen molar-refractivity contribution in [3.05, 3.63) is 42.1 Å². The van der Waals surface area contributed by atoms with Crippen molar-refractivity contribution in [3.63, 3.8) is 0 Å². The second kappa shape index (κ2) is 5.94. The number of nitrogens with zero attached hydrogens (tertiary/aromatic N) is 3. The average molecular weight is 291 g/mol. The van der Waals surface area contributed by atoms with Crippen molar-refractivity contribution in [2.45, 2.75) is 12.7 Å². The lowest BCUT2D eigenvalue weighted by molar-refractivity contribution is -0.141. The van der Waals surface area contributed by atoms with Gasteiger partial charge in [-0.2, -0.15) is 13.2 Å². The van der Waals surface area contributed by atoms with Crippen LogP contribution in [0.1, 0.15) is 11.4 Å². The van der Waals surface area contributed by atoms with E-state index in [4.69, 9.17) is 5.73 Å². The number of hydrogen-bond donors (Lipinski definition) is 1. The highest BCUT2D eigenvalue weighted by Gasteiger charge is 2.32. The van der Waals surface area contributed by atoms with Crippen LogP contribution in [0.15, 0.2) is 30.7 Å². The number of hydrogen-bond acceptors (Lipinski definition) is 4. The monoisotopic (exact) mass is 290 g/mol. The number of pyridine rings is 1. The van der Waals surface area contributed by atoms with Crippen molar-refractivity contribution < 1.29 is 13.2 Å². The predicted octanol–water partition coefficient (Wildman–Crippen LogP) is 2.44. The van der Waals surface area contributed by atoms with Crippen LogP contribution < -0.4 is 5.73 Å². The molecule has 4 nitrogen and oxygen atoms in total. The third kappa shape index (κ3) is 3.62. The fraction of sp³-hybridized carbons (Fsp3) is 0.182. The third-order valence-corrected chi connectivity index (χ3v) is 2.28. The molecule has 2 aromatic rings. The van der Waals surface area contributed by atoms with Crippen LogP contribution in [0.2, 0.25) is 0 Å². The maximum atomic E-state index is 12.3. The van der Waals surface area contributed by atoms with E-state index in [-0.39, 0.29) is 19.0 Å². The largest absolute Gasteiger partial charge is 0.433 e. The Morgan fingerprint density at radius 3 is 2.37 bits per heavy atom. The van der Waals surface area contributed by atoms with Gasteiger partial charge in [0.2, 0.25) is 0 Å². The molecule has 0 saturated heterocycles. The number of nitrogens with two attached hydrogens (primary N) is 1. The highest BCUT2D eigenvalue weighted by atomic mass is 35.5. The normalized spacial score (nSPS) is 10.9. The number of halogens is 4. The number of alkyl halides is 3. The van der Waals surface area contributed by atoms with E-state index in [1.165, 1.54) is 12.4 Å². The molecule has 8 heteroatoms. The van der Waals surface area contributed by atoms with Gasteiger partial charge in [-0.25, -0.2) is 9.97 Å². The van der Waals surface area contributed by atoms with Crippen LogP contribution in [0.3, 0.4) is 0 Å². The molecule has 102 valence electrons. The van der Waals surface area contributed by atoms with Crippen molar-refractivity contribution in [3.8, 4) is 11.3 Å². The van der Waals surface area contributed by atoms with Crippen LogP contribution in [-0.4, -0.2) is 15.0 Å². The lowest BCUT2D eigenvalue weighted by Gasteiger charge is -2.06. The summed E-state index contributed by atoms with van der Waals surface area (Å²) in [5, 5.41) is 0. The van der Waals surface area contributed by atoms with Crippen molar-refractivity contribution in [1.29, 1.82) is 0 Å². The van der Waals surface area contributed by atoms with E-state index >= 15 is 0 Å². The summed E-state index contributed by atoms with van der Waals surface area (Å²) in [6.45, 7) is 0.240. The predicted molar refractivity (Wildman–Crippen MR) is 65.4 cm³/mol. The molecular weight excluding hydrogens is 281 g/mol. The summed E-state index contributed by atoms with van der Waals surface area (Å²) in [4.78, 5) is 11.2. The van der Waals surface area contributed by atoms with E-state index in [0.29, 0.717) is 17.0 Å². The lowest BCUT2D eigenvalue weighted by Crippen LogP contribution is -2.07. The van der Waals surface area contributed by atoms with E-state index in [2.05, 4.69) is 15.0 Å². The minimum absolute atomic E-state index is 0. The summed E-state index contributed by atoms with van der Waals surface area (Å²) in [6, 6.07) is 3.85. The molecule has 2 N–H and O–H groups in total. The standard InChI is InChI=1S/C11H9F3N4.ClH/c12-11(13,14)10-2-1-7(5-16-10)9-3-8(4-15)17-6-18-9;/h1-3,5-6H,4,15H2;1H. The first-order valence-corrected chi connectivity index (χ1v) is 5.05. The van der Waals surface area contributed by atoms with E-state index < -0.39 is 11.9 Å². The van der Waals surface area contributed by atoms with Crippen LogP contribution in [0.25, 0.3) is 11.3 Å². The first-order chi connectivity index (χ1) is 8.50. The fourth-order valence-electron chi connectivity index (χ4n) is 1.38. The number of aromatic nitrogens is 3. The Balaban J connectivity index is 0.00000180. The Kier molecular flexibility index (Phi) is 4.79. The van der Waals surface area contributed by atoms with Crippen LogP contribution in [0, 0.1) is 0 Å². The summed E-state index contributed by atoms with van der Waals surface area (Å²) in [5.74, 6) is 0. The summed E-state index contributed by atoms with van der Waals surface area (Å²) >= 11 is 0. The van der Waals surface area contributed by atoms with Crippen molar-refractivity contribution in [2.75, 3.05) is 0 Å². The molecule has 0 amide bonds. The van der Waals surface area contributed by atoms with Crippen LogP contribution >= 0.6 is 12.4 Å². The van der Waals surface area contributed by atoms with Gasteiger partial charge >= 0.3 is 6.18 Å². The van der Waals surface area contributed by atoms with Gasteiger partial charge in [-0.3, -0.25) is 4.98 Å². The highest BCUT2D eigenvalue weighted by molar-refractivity contribution is 5.85. The van der Waals surface area contributed by atoms with Gasteiger partial charge in [-0.1, -0.05) is 0 Å². The van der Waals surface area contributed by atoms with Gasteiger partial charge in [0, 0.05) is 18.3 Å². The van der Waals surface area contributed by atoms with Gasteiger partial charge in [0.15, 0.2) is 0 Å². The zero-order valence-electron chi connectivity index (χ0n) is 9.55. The molecule has 0 spiro atoms. The molecule has 2 rings (SSSR count). The zero-order valence-corrected chi connectivity index (χ0v) is 10.4. The Morgan fingerprint density at radius 1 is 1.11 bits per heavy atom. The molecule has 2 aromatic heterocycles. The topological polar surface area (TPSA) is 64.7 Å². The molecule has 0 aliphatic carbocycles. The maximum Gasteiger partial charge on any atom is 0.433 e. The second-order valence-corrected chi connectivity index (χ2v) is 3.53. The lowest BCUT2D eigenvalue weighted by atomic mass is 10.1. The Labute approximate surface area is 113 Å². The molecule has 0 saturated carbocycles. The summed E-state index contributed by atoms with van der Waals surface area (Å²) in [7, 11) is 0. The summed E-state index contributed by atoms with van der Waals surface area (Å²) in [6.07, 6.45) is -1.99. The van der Waals surface area contributed by atoms with Crippen molar-refractivity contribution in [1.82, 2.24) is 15.0 Å². The Hall–Kier alpha value is -1.73. The minimum Gasteiger partial charge on any atom is -0.325 e. The zero-order chi connectivity index (χ0) is 13.2. The van der Waals surface area contributed by atoms with E-state index in [0.717, 1.165) is 12.3 Å². The van der Waals surface area contributed by atoms with Gasteiger partial charge in [0.05, 0.1) is 11.4 Å².